The van der Waals surface area contributed by atoms with Crippen molar-refractivity contribution in [2.75, 3.05) is 11.1 Å². The normalized spacial score (nSPS) is 10.3. The molecule has 0 spiro atoms. The van der Waals surface area contributed by atoms with Gasteiger partial charge in [-0.05, 0) is 42.8 Å². The number of hydrogen-bond acceptors (Lipinski definition) is 2. The molecular formula is C14H12F2N2O. The average Bonchev–Trinajstić information content (AvgIpc) is 2.37. The van der Waals surface area contributed by atoms with Gasteiger partial charge >= 0.3 is 0 Å². The molecule has 2 rings (SSSR count). The molecule has 98 valence electrons. The van der Waals surface area contributed by atoms with E-state index in [9.17, 15) is 13.6 Å². The molecule has 3 nitrogen and oxygen atoms in total. The van der Waals surface area contributed by atoms with Gasteiger partial charge in [-0.15, -0.1) is 0 Å². The maximum atomic E-state index is 13.8. The molecule has 0 radical (unpaired) electrons. The lowest BCUT2D eigenvalue weighted by Crippen LogP contribution is -2.16. The monoisotopic (exact) mass is 262 g/mol. The molecule has 0 heterocycles. The van der Waals surface area contributed by atoms with Gasteiger partial charge in [-0.2, -0.15) is 0 Å². The molecule has 0 bridgehead atoms. The fourth-order valence-electron chi connectivity index (χ4n) is 1.62. The van der Waals surface area contributed by atoms with Crippen LogP contribution in [0.3, 0.4) is 0 Å². The molecule has 0 saturated heterocycles. The first kappa shape index (κ1) is 13.0. The van der Waals surface area contributed by atoms with E-state index in [1.807, 2.05) is 0 Å². The van der Waals surface area contributed by atoms with Crippen LogP contribution in [0.15, 0.2) is 36.4 Å². The van der Waals surface area contributed by atoms with Crippen molar-refractivity contribution in [1.82, 2.24) is 0 Å². The third-order valence-electron chi connectivity index (χ3n) is 2.68. The van der Waals surface area contributed by atoms with Gasteiger partial charge in [-0.1, -0.05) is 6.07 Å². The first-order chi connectivity index (χ1) is 8.99. The quantitative estimate of drug-likeness (QED) is 0.817. The summed E-state index contributed by atoms with van der Waals surface area (Å²) in [6, 6.07) is 8.62. The maximum absolute atomic E-state index is 13.8. The van der Waals surface area contributed by atoms with Crippen LogP contribution in [0.2, 0.25) is 0 Å². The van der Waals surface area contributed by atoms with E-state index >= 15 is 0 Å². The number of anilines is 2. The fraction of sp³-hybridized carbons (Fsp3) is 0.0714. The second-order valence-electron chi connectivity index (χ2n) is 4.13. The smallest absolute Gasteiger partial charge is 0.261 e. The topological polar surface area (TPSA) is 55.1 Å². The van der Waals surface area contributed by atoms with Crippen molar-refractivity contribution in [2.45, 2.75) is 6.92 Å². The number of nitrogens with one attached hydrogen (secondary N) is 1. The number of carbonyl (C=O) groups excluding carboxylic acids is 1. The first-order valence-electron chi connectivity index (χ1n) is 5.60. The van der Waals surface area contributed by atoms with Crippen LogP contribution in [0.25, 0.3) is 0 Å². The molecule has 0 saturated carbocycles. The van der Waals surface area contributed by atoms with Gasteiger partial charge in [0.15, 0.2) is 0 Å². The molecular weight excluding hydrogens is 250 g/mol. The number of hydrogen-bond donors (Lipinski definition) is 2. The number of amides is 1. The average molecular weight is 262 g/mol. The van der Waals surface area contributed by atoms with Gasteiger partial charge in [0.25, 0.3) is 5.91 Å². The van der Waals surface area contributed by atoms with Crippen LogP contribution >= 0.6 is 0 Å². The fourth-order valence-corrected chi connectivity index (χ4v) is 1.62. The van der Waals surface area contributed by atoms with Crippen LogP contribution in [-0.4, -0.2) is 5.91 Å². The summed E-state index contributed by atoms with van der Waals surface area (Å²) in [5.74, 6) is -2.58. The maximum Gasteiger partial charge on any atom is 0.261 e. The molecule has 0 atom stereocenters. The summed E-state index contributed by atoms with van der Waals surface area (Å²) in [6.45, 7) is 1.47. The van der Waals surface area contributed by atoms with E-state index in [0.29, 0.717) is 11.4 Å². The lowest BCUT2D eigenvalue weighted by Gasteiger charge is -2.08. The third-order valence-corrected chi connectivity index (χ3v) is 2.68. The van der Waals surface area contributed by atoms with Gasteiger partial charge < -0.3 is 11.1 Å². The van der Waals surface area contributed by atoms with Crippen molar-refractivity contribution >= 4 is 17.3 Å². The van der Waals surface area contributed by atoms with Crippen LogP contribution in [-0.2, 0) is 0 Å². The van der Waals surface area contributed by atoms with E-state index in [-0.39, 0.29) is 5.56 Å². The number of benzene rings is 2. The number of rotatable bonds is 2. The van der Waals surface area contributed by atoms with E-state index < -0.39 is 23.1 Å². The molecule has 2 aromatic rings. The summed E-state index contributed by atoms with van der Waals surface area (Å²) >= 11 is 0. The molecule has 1 amide bonds. The second kappa shape index (κ2) is 5.06. The predicted molar refractivity (Wildman–Crippen MR) is 69.9 cm³/mol. The van der Waals surface area contributed by atoms with Crippen LogP contribution < -0.4 is 11.1 Å². The summed E-state index contributed by atoms with van der Waals surface area (Å²) in [5, 5.41) is 2.42. The van der Waals surface area contributed by atoms with E-state index in [1.165, 1.54) is 13.0 Å². The Morgan fingerprint density at radius 2 is 1.74 bits per heavy atom. The molecule has 0 aliphatic carbocycles. The van der Waals surface area contributed by atoms with Gasteiger partial charge in [0.1, 0.15) is 17.2 Å². The first-order valence-corrected chi connectivity index (χ1v) is 5.60. The van der Waals surface area contributed by atoms with Gasteiger partial charge in [0, 0.05) is 11.4 Å². The summed E-state index contributed by atoms with van der Waals surface area (Å²) in [7, 11) is 0. The number of carbonyl (C=O) groups is 1. The van der Waals surface area contributed by atoms with E-state index in [4.69, 9.17) is 5.73 Å². The van der Waals surface area contributed by atoms with Crippen molar-refractivity contribution in [2.24, 2.45) is 0 Å². The van der Waals surface area contributed by atoms with E-state index in [2.05, 4.69) is 5.32 Å². The summed E-state index contributed by atoms with van der Waals surface area (Å²) in [4.78, 5) is 11.9. The van der Waals surface area contributed by atoms with Gasteiger partial charge in [-0.3, -0.25) is 4.79 Å². The Bertz CT molecular complexity index is 624. The molecule has 19 heavy (non-hydrogen) atoms. The Kier molecular flexibility index (Phi) is 3.46. The molecule has 5 heteroatoms. The minimum absolute atomic E-state index is 0.212. The van der Waals surface area contributed by atoms with Crippen LogP contribution in [0.4, 0.5) is 20.2 Å². The zero-order valence-electron chi connectivity index (χ0n) is 10.2. The number of aryl methyl sites for hydroxylation is 1. The Morgan fingerprint density at radius 3 is 2.37 bits per heavy atom. The van der Waals surface area contributed by atoms with Crippen molar-refractivity contribution in [1.29, 1.82) is 0 Å². The molecule has 0 aliphatic rings. The number of halogens is 2. The third kappa shape index (κ3) is 2.70. The zero-order valence-corrected chi connectivity index (χ0v) is 10.2. The highest BCUT2D eigenvalue weighted by atomic mass is 19.1. The summed E-state index contributed by atoms with van der Waals surface area (Å²) in [5.41, 5.74) is 6.08. The molecule has 0 aliphatic heterocycles. The predicted octanol–water partition coefficient (Wildman–Crippen LogP) is 3.11. The molecule has 3 N–H and O–H groups in total. The van der Waals surface area contributed by atoms with Crippen LogP contribution in [0.1, 0.15) is 15.9 Å². The Labute approximate surface area is 109 Å². The number of nitrogens with two attached hydrogens (primary N) is 1. The molecule has 0 unspecified atom stereocenters. The molecule has 0 fully saturated rings. The standard InChI is InChI=1S/C14H12F2N2O/c1-8-2-7-11(15)12(13(8)16)14(19)18-10-5-3-9(17)4-6-10/h2-7H,17H2,1H3,(H,18,19). The SMILES string of the molecule is Cc1ccc(F)c(C(=O)Nc2ccc(N)cc2)c1F. The summed E-state index contributed by atoms with van der Waals surface area (Å²) in [6.07, 6.45) is 0. The highest BCUT2D eigenvalue weighted by Crippen LogP contribution is 2.18. The molecule has 2 aromatic carbocycles. The summed E-state index contributed by atoms with van der Waals surface area (Å²) < 4.78 is 27.3. The largest absolute Gasteiger partial charge is 0.399 e. The van der Waals surface area contributed by atoms with Gasteiger partial charge in [0.2, 0.25) is 0 Å². The Morgan fingerprint density at radius 1 is 1.11 bits per heavy atom. The second-order valence-corrected chi connectivity index (χ2v) is 4.13. The van der Waals surface area contributed by atoms with Crippen molar-refractivity contribution in [3.05, 3.63) is 59.2 Å². The Balaban J connectivity index is 2.30. The highest BCUT2D eigenvalue weighted by molar-refractivity contribution is 6.04. The minimum Gasteiger partial charge on any atom is -0.399 e. The van der Waals surface area contributed by atoms with Crippen LogP contribution in [0, 0.1) is 18.6 Å². The lowest BCUT2D eigenvalue weighted by molar-refractivity contribution is 0.101. The molecule has 0 aromatic heterocycles. The van der Waals surface area contributed by atoms with Crippen LogP contribution in [0.5, 0.6) is 0 Å². The minimum atomic E-state index is -0.893. The van der Waals surface area contributed by atoms with Gasteiger partial charge in [-0.25, -0.2) is 8.78 Å². The van der Waals surface area contributed by atoms with E-state index in [1.54, 1.807) is 24.3 Å². The van der Waals surface area contributed by atoms with E-state index in [0.717, 1.165) is 6.07 Å². The van der Waals surface area contributed by atoms with Crippen molar-refractivity contribution < 1.29 is 13.6 Å². The Hall–Kier alpha value is -2.43. The number of nitrogen functional groups attached to an aromatic ring is 1. The van der Waals surface area contributed by atoms with Crippen molar-refractivity contribution in [3.8, 4) is 0 Å². The van der Waals surface area contributed by atoms with Gasteiger partial charge in [0.05, 0.1) is 0 Å². The van der Waals surface area contributed by atoms with Crippen molar-refractivity contribution in [3.63, 3.8) is 0 Å². The lowest BCUT2D eigenvalue weighted by atomic mass is 10.1. The zero-order chi connectivity index (χ0) is 14.0. The highest BCUT2D eigenvalue weighted by Gasteiger charge is 2.19.